The number of rotatable bonds is 1. The Balaban J connectivity index is 2.16. The molecule has 2 heterocycles. The van der Waals surface area contributed by atoms with Gasteiger partial charge in [0.2, 0.25) is 0 Å². The molecule has 0 aliphatic carbocycles. The van der Waals surface area contributed by atoms with Gasteiger partial charge in [0, 0.05) is 18.7 Å². The topological polar surface area (TPSA) is 59.2 Å². The first-order valence-corrected chi connectivity index (χ1v) is 6.57. The smallest absolute Gasteiger partial charge is 0.254 e. The van der Waals surface area contributed by atoms with Crippen molar-refractivity contribution >= 4 is 23.3 Å². The van der Waals surface area contributed by atoms with Crippen LogP contribution in [0.1, 0.15) is 30.6 Å². The van der Waals surface area contributed by atoms with Crippen molar-refractivity contribution in [1.82, 2.24) is 9.88 Å². The van der Waals surface area contributed by atoms with Gasteiger partial charge in [0.15, 0.2) is 0 Å². The fourth-order valence-electron chi connectivity index (χ4n) is 2.27. The molecular formula is C13H18ClN3O. The van der Waals surface area contributed by atoms with Gasteiger partial charge < -0.3 is 10.6 Å². The molecule has 5 heteroatoms. The van der Waals surface area contributed by atoms with E-state index in [0.717, 1.165) is 19.5 Å². The van der Waals surface area contributed by atoms with Crippen molar-refractivity contribution in [3.8, 4) is 0 Å². The molecule has 1 aliphatic rings. The number of amides is 1. The number of nitrogens with two attached hydrogens (primary N) is 1. The highest BCUT2D eigenvalue weighted by molar-refractivity contribution is 6.29. The van der Waals surface area contributed by atoms with Crippen LogP contribution in [-0.2, 0) is 0 Å². The summed E-state index contributed by atoms with van der Waals surface area (Å²) in [4.78, 5) is 18.1. The van der Waals surface area contributed by atoms with E-state index in [1.54, 1.807) is 12.1 Å². The highest BCUT2D eigenvalue weighted by Crippen LogP contribution is 2.24. The van der Waals surface area contributed by atoms with Crippen molar-refractivity contribution in [3.05, 3.63) is 22.8 Å². The molecular weight excluding hydrogens is 250 g/mol. The van der Waals surface area contributed by atoms with Crippen LogP contribution in [0.2, 0.25) is 5.15 Å². The zero-order chi connectivity index (χ0) is 13.3. The van der Waals surface area contributed by atoms with Crippen LogP contribution < -0.4 is 5.73 Å². The summed E-state index contributed by atoms with van der Waals surface area (Å²) in [6.07, 6.45) is 1.04. The number of piperidine rings is 1. The van der Waals surface area contributed by atoms with E-state index < -0.39 is 0 Å². The minimum atomic E-state index is -0.00949. The SMILES string of the molecule is CC1CCN(C(=O)c2cc(N)nc(Cl)c2)CC1C. The molecule has 1 aliphatic heterocycles. The fourth-order valence-corrected chi connectivity index (χ4v) is 2.49. The molecule has 1 amide bonds. The summed E-state index contributed by atoms with van der Waals surface area (Å²) in [6.45, 7) is 6.00. The molecule has 2 unspecified atom stereocenters. The summed E-state index contributed by atoms with van der Waals surface area (Å²) in [5.41, 5.74) is 6.13. The number of anilines is 1. The van der Waals surface area contributed by atoms with Crippen LogP contribution in [0.25, 0.3) is 0 Å². The van der Waals surface area contributed by atoms with Gasteiger partial charge in [-0.05, 0) is 30.4 Å². The first-order chi connectivity index (χ1) is 8.47. The van der Waals surface area contributed by atoms with Crippen LogP contribution in [0, 0.1) is 11.8 Å². The molecule has 4 nitrogen and oxygen atoms in total. The third-order valence-corrected chi connectivity index (χ3v) is 3.88. The molecule has 98 valence electrons. The lowest BCUT2D eigenvalue weighted by molar-refractivity contribution is 0.0627. The third-order valence-electron chi connectivity index (χ3n) is 3.68. The number of pyridine rings is 1. The van der Waals surface area contributed by atoms with Crippen LogP contribution in [0.5, 0.6) is 0 Å². The molecule has 0 aromatic carbocycles. The molecule has 0 saturated carbocycles. The molecule has 2 rings (SSSR count). The van der Waals surface area contributed by atoms with Crippen molar-refractivity contribution < 1.29 is 4.79 Å². The van der Waals surface area contributed by atoms with Crippen molar-refractivity contribution in [2.45, 2.75) is 20.3 Å². The second-order valence-electron chi connectivity index (χ2n) is 5.10. The van der Waals surface area contributed by atoms with Crippen LogP contribution in [0.15, 0.2) is 12.1 Å². The number of hydrogen-bond acceptors (Lipinski definition) is 3. The molecule has 0 bridgehead atoms. The lowest BCUT2D eigenvalue weighted by Gasteiger charge is -2.35. The molecule has 2 N–H and O–H groups in total. The summed E-state index contributed by atoms with van der Waals surface area (Å²) < 4.78 is 0. The van der Waals surface area contributed by atoms with E-state index in [2.05, 4.69) is 18.8 Å². The number of nitrogens with zero attached hydrogens (tertiary/aromatic N) is 2. The maximum absolute atomic E-state index is 12.3. The first-order valence-electron chi connectivity index (χ1n) is 6.19. The molecule has 1 saturated heterocycles. The summed E-state index contributed by atoms with van der Waals surface area (Å²) in [5, 5.41) is 0.261. The van der Waals surface area contributed by atoms with E-state index in [4.69, 9.17) is 17.3 Å². The first kappa shape index (κ1) is 13.1. The quantitative estimate of drug-likeness (QED) is 0.795. The number of nitrogen functional groups attached to an aromatic ring is 1. The van der Waals surface area contributed by atoms with E-state index in [-0.39, 0.29) is 16.9 Å². The van der Waals surface area contributed by atoms with Crippen LogP contribution >= 0.6 is 11.6 Å². The average Bonchev–Trinajstić information content (AvgIpc) is 2.30. The predicted molar refractivity (Wildman–Crippen MR) is 72.5 cm³/mol. The Kier molecular flexibility index (Phi) is 3.76. The normalized spacial score (nSPS) is 24.1. The molecule has 18 heavy (non-hydrogen) atoms. The number of likely N-dealkylation sites (tertiary alicyclic amines) is 1. The number of hydrogen-bond donors (Lipinski definition) is 1. The molecule has 2 atom stereocenters. The summed E-state index contributed by atoms with van der Waals surface area (Å²) in [6, 6.07) is 3.15. The molecule has 0 spiro atoms. The van der Waals surface area contributed by atoms with E-state index in [1.807, 2.05) is 4.90 Å². The highest BCUT2D eigenvalue weighted by atomic mass is 35.5. The van der Waals surface area contributed by atoms with Crippen molar-refractivity contribution in [1.29, 1.82) is 0 Å². The monoisotopic (exact) mass is 267 g/mol. The van der Waals surface area contributed by atoms with Gasteiger partial charge >= 0.3 is 0 Å². The van der Waals surface area contributed by atoms with Crippen molar-refractivity contribution in [2.75, 3.05) is 18.8 Å². The van der Waals surface area contributed by atoms with Crippen LogP contribution in [0.4, 0.5) is 5.82 Å². The van der Waals surface area contributed by atoms with Gasteiger partial charge in [-0.2, -0.15) is 0 Å². The zero-order valence-corrected chi connectivity index (χ0v) is 11.4. The van der Waals surface area contributed by atoms with Crippen molar-refractivity contribution in [2.24, 2.45) is 11.8 Å². The number of aromatic nitrogens is 1. The van der Waals surface area contributed by atoms with Gasteiger partial charge in [-0.25, -0.2) is 4.98 Å². The Hall–Kier alpha value is -1.29. The summed E-state index contributed by atoms with van der Waals surface area (Å²) in [5.74, 6) is 1.46. The van der Waals surface area contributed by atoms with Crippen LogP contribution in [-0.4, -0.2) is 28.9 Å². The van der Waals surface area contributed by atoms with Gasteiger partial charge in [-0.3, -0.25) is 4.79 Å². The zero-order valence-electron chi connectivity index (χ0n) is 10.7. The number of carbonyl (C=O) groups excluding carboxylic acids is 1. The van der Waals surface area contributed by atoms with E-state index in [0.29, 0.717) is 17.4 Å². The maximum atomic E-state index is 12.3. The van der Waals surface area contributed by atoms with Gasteiger partial charge in [0.25, 0.3) is 5.91 Å². The fraction of sp³-hybridized carbons (Fsp3) is 0.538. The minimum Gasteiger partial charge on any atom is -0.384 e. The van der Waals surface area contributed by atoms with Gasteiger partial charge in [-0.1, -0.05) is 25.4 Å². The Labute approximate surface area is 112 Å². The summed E-state index contributed by atoms with van der Waals surface area (Å²) in [7, 11) is 0. The largest absolute Gasteiger partial charge is 0.384 e. The van der Waals surface area contributed by atoms with Crippen LogP contribution in [0.3, 0.4) is 0 Å². The molecule has 1 aromatic heterocycles. The minimum absolute atomic E-state index is 0.00949. The Bertz CT molecular complexity index is 443. The average molecular weight is 268 g/mol. The van der Waals surface area contributed by atoms with Gasteiger partial charge in [0.05, 0.1) is 0 Å². The van der Waals surface area contributed by atoms with Crippen molar-refractivity contribution in [3.63, 3.8) is 0 Å². The second kappa shape index (κ2) is 5.14. The Morgan fingerprint density at radius 1 is 1.44 bits per heavy atom. The summed E-state index contributed by atoms with van der Waals surface area (Å²) >= 11 is 5.82. The lowest BCUT2D eigenvalue weighted by atomic mass is 9.88. The predicted octanol–water partition coefficient (Wildman–Crippen LogP) is 2.44. The van der Waals surface area contributed by atoms with Gasteiger partial charge in [-0.15, -0.1) is 0 Å². The number of halogens is 1. The molecule has 0 radical (unpaired) electrons. The maximum Gasteiger partial charge on any atom is 0.254 e. The third kappa shape index (κ3) is 2.75. The number of carbonyl (C=O) groups is 1. The lowest BCUT2D eigenvalue weighted by Crippen LogP contribution is -2.42. The van der Waals surface area contributed by atoms with E-state index in [9.17, 15) is 4.79 Å². The Morgan fingerprint density at radius 3 is 2.78 bits per heavy atom. The van der Waals surface area contributed by atoms with E-state index in [1.165, 1.54) is 0 Å². The van der Waals surface area contributed by atoms with E-state index >= 15 is 0 Å². The standard InChI is InChI=1S/C13H18ClN3O/c1-8-3-4-17(7-9(8)2)13(18)10-5-11(14)16-12(15)6-10/h5-6,8-9H,3-4,7H2,1-2H3,(H2,15,16). The Morgan fingerprint density at radius 2 is 2.17 bits per heavy atom. The van der Waals surface area contributed by atoms with Gasteiger partial charge in [0.1, 0.15) is 11.0 Å². The highest BCUT2D eigenvalue weighted by Gasteiger charge is 2.26. The molecule has 1 fully saturated rings. The molecule has 1 aromatic rings. The second-order valence-corrected chi connectivity index (χ2v) is 5.49.